The van der Waals surface area contributed by atoms with Crippen LogP contribution in [0.15, 0.2) is 36.5 Å². The second-order valence-corrected chi connectivity index (χ2v) is 5.34. The van der Waals surface area contributed by atoms with Crippen LogP contribution in [0.1, 0.15) is 0 Å². The van der Waals surface area contributed by atoms with Crippen molar-refractivity contribution in [1.82, 2.24) is 9.90 Å². The minimum atomic E-state index is -6.09. The number of aryl methyl sites for hydroxylation is 2. The molecule has 0 atom stereocenters. The summed E-state index contributed by atoms with van der Waals surface area (Å²) in [6.07, 6.45) is 2.01. The summed E-state index contributed by atoms with van der Waals surface area (Å²) >= 11 is 0. The van der Waals surface area contributed by atoms with Gasteiger partial charge in [0.15, 0.2) is 22.0 Å². The van der Waals surface area contributed by atoms with Gasteiger partial charge in [0.2, 0.25) is 0 Å². The van der Waals surface area contributed by atoms with Gasteiger partial charge >= 0.3 is 5.51 Å². The number of rotatable bonds is 1. The molecular weight excluding hydrogens is 311 g/mol. The number of aromatic nitrogens is 3. The molecule has 2 aromatic rings. The predicted molar refractivity (Wildman–Crippen MR) is 65.6 cm³/mol. The van der Waals surface area contributed by atoms with Crippen molar-refractivity contribution in [2.45, 2.75) is 5.51 Å². The molecule has 0 radical (unpaired) electrons. The molecule has 0 unspecified atom stereocenters. The lowest BCUT2D eigenvalue weighted by Crippen LogP contribution is -2.29. The van der Waals surface area contributed by atoms with E-state index in [-0.39, 0.29) is 0 Å². The van der Waals surface area contributed by atoms with Gasteiger partial charge in [-0.1, -0.05) is 30.3 Å². The largest absolute Gasteiger partial charge is 0.741 e. The van der Waals surface area contributed by atoms with Crippen LogP contribution >= 0.6 is 0 Å². The lowest BCUT2D eigenvalue weighted by atomic mass is 10.2. The normalized spacial score (nSPS) is 11.7. The van der Waals surface area contributed by atoms with Gasteiger partial charge in [0.1, 0.15) is 14.1 Å². The molecular formula is C11H12F3N3O3S. The van der Waals surface area contributed by atoms with E-state index in [1.807, 2.05) is 47.9 Å². The number of hydrogen-bond acceptors (Lipinski definition) is 4. The minimum absolute atomic E-state index is 1.13. The van der Waals surface area contributed by atoms with E-state index in [0.29, 0.717) is 0 Å². The molecule has 6 nitrogen and oxygen atoms in total. The van der Waals surface area contributed by atoms with Crippen LogP contribution in [-0.2, 0) is 24.2 Å². The maximum absolute atomic E-state index is 10.7. The standard InChI is InChI=1S/C10H12N3.CHF3O3S/c1-12-8-10(13(2)11-12)9-6-4-3-5-7-9;2-1(3,4)8(5,6)7/h3-8H,1-2H3;(H,5,6,7)/q+1;/p-1. The molecule has 0 bridgehead atoms. The first kappa shape index (κ1) is 17.1. The highest BCUT2D eigenvalue weighted by Crippen LogP contribution is 2.20. The van der Waals surface area contributed by atoms with Gasteiger partial charge < -0.3 is 4.55 Å². The molecule has 116 valence electrons. The van der Waals surface area contributed by atoms with E-state index in [1.165, 1.54) is 5.56 Å². The molecule has 1 heterocycles. The van der Waals surface area contributed by atoms with Crippen LogP contribution < -0.4 is 4.68 Å². The van der Waals surface area contributed by atoms with Crippen molar-refractivity contribution >= 4 is 10.1 Å². The zero-order chi connectivity index (χ0) is 16.3. The summed E-state index contributed by atoms with van der Waals surface area (Å²) in [5.41, 5.74) is -3.33. The highest BCUT2D eigenvalue weighted by Gasteiger charge is 2.36. The first-order valence-electron chi connectivity index (χ1n) is 5.50. The van der Waals surface area contributed by atoms with Crippen molar-refractivity contribution in [3.8, 4) is 11.3 Å². The molecule has 0 fully saturated rings. The quantitative estimate of drug-likeness (QED) is 0.445. The number of alkyl halides is 3. The average Bonchev–Trinajstić information content (AvgIpc) is 2.68. The maximum Gasteiger partial charge on any atom is 0.485 e. The SMILES string of the molecule is Cn1n[n+](C)cc1-c1ccccc1.O=S(=O)([O-])C(F)(F)F. The third-order valence-electron chi connectivity index (χ3n) is 2.29. The van der Waals surface area contributed by atoms with Gasteiger partial charge in [-0.3, -0.25) is 0 Å². The van der Waals surface area contributed by atoms with Gasteiger partial charge in [-0.15, -0.1) is 9.36 Å². The first-order chi connectivity index (χ1) is 9.52. The Morgan fingerprint density at radius 3 is 2.05 bits per heavy atom. The van der Waals surface area contributed by atoms with Crippen LogP contribution in [0.5, 0.6) is 0 Å². The Morgan fingerprint density at radius 2 is 1.71 bits per heavy atom. The van der Waals surface area contributed by atoms with Gasteiger partial charge in [0.25, 0.3) is 0 Å². The summed E-state index contributed by atoms with van der Waals surface area (Å²) in [7, 11) is -2.22. The van der Waals surface area contributed by atoms with E-state index in [1.54, 1.807) is 0 Å². The van der Waals surface area contributed by atoms with Crippen LogP contribution in [-0.4, -0.2) is 28.4 Å². The van der Waals surface area contributed by atoms with E-state index in [0.717, 1.165) is 5.69 Å². The third kappa shape index (κ3) is 4.83. The van der Waals surface area contributed by atoms with Gasteiger partial charge in [-0.05, 0) is 0 Å². The molecule has 0 aliphatic rings. The van der Waals surface area contributed by atoms with Crippen LogP contribution in [0.25, 0.3) is 11.3 Å². The Morgan fingerprint density at radius 1 is 1.24 bits per heavy atom. The van der Waals surface area contributed by atoms with Gasteiger partial charge in [-0.2, -0.15) is 13.2 Å². The average molecular weight is 323 g/mol. The molecule has 0 N–H and O–H groups in total. The lowest BCUT2D eigenvalue weighted by molar-refractivity contribution is -0.732. The van der Waals surface area contributed by atoms with Crippen molar-refractivity contribution in [3.63, 3.8) is 0 Å². The summed E-state index contributed by atoms with van der Waals surface area (Å²) in [5.74, 6) is 0. The van der Waals surface area contributed by atoms with Gasteiger partial charge in [-0.25, -0.2) is 8.42 Å². The van der Waals surface area contributed by atoms with Crippen LogP contribution in [0.3, 0.4) is 0 Å². The topological polar surface area (TPSA) is 78.9 Å². The molecule has 0 saturated heterocycles. The number of nitrogens with zero attached hydrogens (tertiary/aromatic N) is 3. The van der Waals surface area contributed by atoms with E-state index in [2.05, 4.69) is 17.3 Å². The monoisotopic (exact) mass is 323 g/mol. The van der Waals surface area contributed by atoms with Crippen LogP contribution in [0.2, 0.25) is 0 Å². The zero-order valence-corrected chi connectivity index (χ0v) is 11.9. The first-order valence-corrected chi connectivity index (χ1v) is 6.90. The molecule has 0 aliphatic heterocycles. The summed E-state index contributed by atoms with van der Waals surface area (Å²) in [6.45, 7) is 0. The molecule has 1 aromatic carbocycles. The Bertz CT molecular complexity index is 696. The van der Waals surface area contributed by atoms with Crippen molar-refractivity contribution in [2.75, 3.05) is 0 Å². The Hall–Kier alpha value is -1.94. The minimum Gasteiger partial charge on any atom is -0.741 e. The molecule has 1 aromatic heterocycles. The van der Waals surface area contributed by atoms with Crippen molar-refractivity contribution in [3.05, 3.63) is 36.5 Å². The van der Waals surface area contributed by atoms with E-state index >= 15 is 0 Å². The summed E-state index contributed by atoms with van der Waals surface area (Å²) < 4.78 is 62.6. The van der Waals surface area contributed by atoms with Crippen molar-refractivity contribution in [2.24, 2.45) is 14.1 Å². The second-order valence-electron chi connectivity index (χ2n) is 3.97. The molecule has 0 spiro atoms. The summed E-state index contributed by atoms with van der Waals surface area (Å²) in [5, 5.41) is 4.22. The molecule has 0 amide bonds. The van der Waals surface area contributed by atoms with E-state index < -0.39 is 15.6 Å². The van der Waals surface area contributed by atoms with Gasteiger partial charge in [0, 0.05) is 5.56 Å². The van der Waals surface area contributed by atoms with Crippen LogP contribution in [0, 0.1) is 0 Å². The fourth-order valence-electron chi connectivity index (χ4n) is 1.42. The maximum atomic E-state index is 10.7. The number of hydrogen-bond donors (Lipinski definition) is 0. The highest BCUT2D eigenvalue weighted by molar-refractivity contribution is 7.86. The molecule has 10 heteroatoms. The van der Waals surface area contributed by atoms with Gasteiger partial charge in [0.05, 0.1) is 5.21 Å². The summed E-state index contributed by atoms with van der Waals surface area (Å²) in [4.78, 5) is 0. The molecule has 21 heavy (non-hydrogen) atoms. The van der Waals surface area contributed by atoms with Crippen molar-refractivity contribution < 1.29 is 30.8 Å². The molecule has 0 aliphatic carbocycles. The van der Waals surface area contributed by atoms with E-state index in [9.17, 15) is 13.2 Å². The Kier molecular flexibility index (Phi) is 5.07. The fraction of sp³-hybridized carbons (Fsp3) is 0.273. The Balaban J connectivity index is 0.000000240. The van der Waals surface area contributed by atoms with E-state index in [4.69, 9.17) is 13.0 Å². The van der Waals surface area contributed by atoms with Crippen LogP contribution in [0.4, 0.5) is 13.2 Å². The number of halogens is 3. The fourth-order valence-corrected chi connectivity index (χ4v) is 1.42. The number of benzene rings is 1. The third-order valence-corrected chi connectivity index (χ3v) is 2.85. The lowest BCUT2D eigenvalue weighted by Gasteiger charge is -2.08. The smallest absolute Gasteiger partial charge is 0.485 e. The van der Waals surface area contributed by atoms with Crippen molar-refractivity contribution in [1.29, 1.82) is 0 Å². The highest BCUT2D eigenvalue weighted by atomic mass is 32.2. The summed E-state index contributed by atoms with van der Waals surface area (Å²) in [6, 6.07) is 10.2. The molecule has 2 rings (SSSR count). The molecule has 0 saturated carbocycles. The Labute approximate surface area is 119 Å². The predicted octanol–water partition coefficient (Wildman–Crippen LogP) is 0.963. The second kappa shape index (κ2) is 6.22. The zero-order valence-electron chi connectivity index (χ0n) is 11.1.